The van der Waals surface area contributed by atoms with Crippen LogP contribution < -0.4 is 4.74 Å². The number of aryl methyl sites for hydroxylation is 1. The number of hydrogen-bond acceptors (Lipinski definition) is 7. The number of aromatic nitrogens is 8. The molecule has 0 bridgehead atoms. The van der Waals surface area contributed by atoms with Crippen LogP contribution in [0.2, 0.25) is 0 Å². The van der Waals surface area contributed by atoms with Crippen molar-refractivity contribution in [1.29, 1.82) is 0 Å². The fraction of sp³-hybridized carbons (Fsp3) is 0.571. The Kier molecular flexibility index (Phi) is 3.60. The monoisotopic (exact) mass is 546 g/mol. The Morgan fingerprint density at radius 2 is 1.95 bits per heavy atom. The molecule has 6 fully saturated rings. The summed E-state index contributed by atoms with van der Waals surface area (Å²) in [5.74, 6) is 5.04. The highest BCUT2D eigenvalue weighted by molar-refractivity contribution is 5.77. The van der Waals surface area contributed by atoms with Crippen molar-refractivity contribution in [2.45, 2.75) is 43.3 Å². The molecule has 0 N–H and O–H groups in total. The van der Waals surface area contributed by atoms with Crippen molar-refractivity contribution in [3.05, 3.63) is 42.1 Å². The molecule has 0 amide bonds. The molecule has 40 heavy (non-hydrogen) atoms. The molecular weight excluding hydrogens is 521 g/mol. The molecule has 6 aliphatic rings. The highest BCUT2D eigenvalue weighted by atomic mass is 19.4. The van der Waals surface area contributed by atoms with E-state index >= 15 is 0 Å². The van der Waals surface area contributed by atoms with Crippen LogP contribution in [0.5, 0.6) is 5.88 Å². The largest absolute Gasteiger partial charge is 0.480 e. The maximum absolute atomic E-state index is 13.4. The molecule has 1 spiro atoms. The summed E-state index contributed by atoms with van der Waals surface area (Å²) in [6.07, 6.45) is 5.27. The lowest BCUT2D eigenvalue weighted by atomic mass is 8.97. The number of imidazole rings is 1. The molecule has 8 unspecified atom stereocenters. The summed E-state index contributed by atoms with van der Waals surface area (Å²) in [6, 6.07) is 0. The molecule has 0 aliphatic heterocycles. The molecular formula is C28H25F3N8O. The van der Waals surface area contributed by atoms with Crippen molar-refractivity contribution in [3.63, 3.8) is 0 Å². The van der Waals surface area contributed by atoms with Gasteiger partial charge in [-0.15, -0.1) is 0 Å². The van der Waals surface area contributed by atoms with E-state index in [1.165, 1.54) is 12.7 Å². The predicted octanol–water partition coefficient (Wildman–Crippen LogP) is 4.00. The molecule has 4 heterocycles. The van der Waals surface area contributed by atoms with Gasteiger partial charge in [-0.3, -0.25) is 0 Å². The van der Waals surface area contributed by atoms with Gasteiger partial charge in [0.25, 0.3) is 0 Å². The summed E-state index contributed by atoms with van der Waals surface area (Å²) in [4.78, 5) is 22.6. The van der Waals surface area contributed by atoms with E-state index in [1.807, 2.05) is 10.9 Å². The van der Waals surface area contributed by atoms with Crippen molar-refractivity contribution in [2.75, 3.05) is 7.11 Å². The van der Waals surface area contributed by atoms with Crippen LogP contribution in [0, 0.1) is 40.9 Å². The van der Waals surface area contributed by atoms with Gasteiger partial charge in [0.2, 0.25) is 5.88 Å². The van der Waals surface area contributed by atoms with Crippen LogP contribution in [-0.4, -0.2) is 46.4 Å². The second-order valence-corrected chi connectivity index (χ2v) is 12.9. The number of fused-ring (bicyclic) bond motifs is 3. The summed E-state index contributed by atoms with van der Waals surface area (Å²) < 4.78 is 49.5. The molecule has 0 saturated heterocycles. The summed E-state index contributed by atoms with van der Waals surface area (Å²) >= 11 is 0. The number of alkyl halides is 3. The zero-order valence-corrected chi connectivity index (χ0v) is 21.8. The molecule has 12 heteroatoms. The van der Waals surface area contributed by atoms with Gasteiger partial charge in [0.05, 0.1) is 24.4 Å². The first-order valence-electron chi connectivity index (χ1n) is 14.0. The predicted molar refractivity (Wildman–Crippen MR) is 133 cm³/mol. The molecule has 9 nitrogen and oxygen atoms in total. The number of nitrogens with zero attached hydrogens (tertiary/aromatic N) is 8. The average molecular weight is 547 g/mol. The molecule has 4 aromatic heterocycles. The normalized spacial score (nSPS) is 37.5. The summed E-state index contributed by atoms with van der Waals surface area (Å²) in [6.45, 7) is 0.767. The first kappa shape index (κ1) is 22.2. The summed E-state index contributed by atoms with van der Waals surface area (Å²) in [7, 11) is 3.32. The van der Waals surface area contributed by atoms with Crippen molar-refractivity contribution in [3.8, 4) is 17.3 Å². The minimum absolute atomic E-state index is 0.132. The van der Waals surface area contributed by atoms with Gasteiger partial charge in [-0.25, -0.2) is 29.6 Å². The third-order valence-electron chi connectivity index (χ3n) is 11.7. The molecule has 6 aliphatic carbocycles. The van der Waals surface area contributed by atoms with Gasteiger partial charge >= 0.3 is 6.18 Å². The Morgan fingerprint density at radius 1 is 1.10 bits per heavy atom. The van der Waals surface area contributed by atoms with Crippen molar-refractivity contribution in [1.82, 2.24) is 39.3 Å². The van der Waals surface area contributed by atoms with E-state index in [-0.39, 0.29) is 10.8 Å². The van der Waals surface area contributed by atoms with Gasteiger partial charge < -0.3 is 9.30 Å². The number of methoxy groups -OCH3 is 1. The van der Waals surface area contributed by atoms with E-state index in [2.05, 4.69) is 19.9 Å². The Bertz CT molecular complexity index is 1770. The smallest absolute Gasteiger partial charge is 0.434 e. The van der Waals surface area contributed by atoms with Gasteiger partial charge in [0, 0.05) is 37.3 Å². The maximum atomic E-state index is 13.4. The molecule has 8 atom stereocenters. The van der Waals surface area contributed by atoms with E-state index in [0.29, 0.717) is 59.0 Å². The number of hydrogen-bond donors (Lipinski definition) is 0. The van der Waals surface area contributed by atoms with Gasteiger partial charge in [0.15, 0.2) is 17.2 Å². The molecule has 6 saturated carbocycles. The Morgan fingerprint density at radius 3 is 2.62 bits per heavy atom. The Balaban J connectivity index is 0.985. The van der Waals surface area contributed by atoms with E-state index in [9.17, 15) is 13.2 Å². The van der Waals surface area contributed by atoms with Crippen LogP contribution in [0.15, 0.2) is 24.9 Å². The van der Waals surface area contributed by atoms with Crippen LogP contribution in [0.4, 0.5) is 13.2 Å². The third kappa shape index (κ3) is 2.13. The Hall–Kier alpha value is -3.57. The van der Waals surface area contributed by atoms with E-state index < -0.39 is 11.9 Å². The zero-order chi connectivity index (χ0) is 26.9. The molecule has 10 rings (SSSR count). The highest BCUT2D eigenvalue weighted by Crippen LogP contribution is 3.06. The van der Waals surface area contributed by atoms with Gasteiger partial charge in [-0.05, 0) is 60.2 Å². The summed E-state index contributed by atoms with van der Waals surface area (Å²) in [5, 5.41) is 5.59. The van der Waals surface area contributed by atoms with E-state index in [0.717, 1.165) is 47.9 Å². The van der Waals surface area contributed by atoms with Crippen molar-refractivity contribution in [2.24, 2.45) is 48.0 Å². The number of ether oxygens (including phenoxy) is 1. The Labute approximate surface area is 226 Å². The highest BCUT2D eigenvalue weighted by Gasteiger charge is 3.05. The van der Waals surface area contributed by atoms with E-state index in [1.54, 1.807) is 24.9 Å². The standard InChI is InChI=1S/C28H25F3N8O/c1-38-9-15(28(29,30)31)36-25(38)27-18-13-5-26(20(13)27)14(16(18)21(26)27)8-39-23-12(7-35-39)6-32-22(37-23)17-19(11-3-4-11)33-10-34-24(17)40-2/h6-7,9-11,13-14,16,18,20-21H,3-5,8H2,1-2H3. The molecule has 204 valence electrons. The fourth-order valence-corrected chi connectivity index (χ4v) is 10.7. The van der Waals surface area contributed by atoms with E-state index in [4.69, 9.17) is 14.8 Å². The maximum Gasteiger partial charge on any atom is 0.434 e. The first-order chi connectivity index (χ1) is 19.3. The number of halogens is 3. The number of rotatable bonds is 6. The van der Waals surface area contributed by atoms with Crippen LogP contribution >= 0.6 is 0 Å². The lowest BCUT2D eigenvalue weighted by Gasteiger charge is -3.06. The lowest BCUT2D eigenvalue weighted by Crippen LogP contribution is -3.06. The van der Waals surface area contributed by atoms with Crippen molar-refractivity contribution >= 4 is 11.0 Å². The van der Waals surface area contributed by atoms with Gasteiger partial charge in [-0.1, -0.05) is 0 Å². The minimum Gasteiger partial charge on any atom is -0.480 e. The second-order valence-electron chi connectivity index (χ2n) is 12.9. The quantitative estimate of drug-likeness (QED) is 0.361. The van der Waals surface area contributed by atoms with Crippen LogP contribution in [0.25, 0.3) is 22.4 Å². The topological polar surface area (TPSA) is 96.4 Å². The molecule has 0 aromatic carbocycles. The van der Waals surface area contributed by atoms with Gasteiger partial charge in [0.1, 0.15) is 17.7 Å². The second kappa shape index (κ2) is 6.49. The first-order valence-corrected chi connectivity index (χ1v) is 14.0. The third-order valence-corrected chi connectivity index (χ3v) is 11.7. The minimum atomic E-state index is -4.41. The lowest BCUT2D eigenvalue weighted by molar-refractivity contribution is -0.578. The zero-order valence-electron chi connectivity index (χ0n) is 21.8. The van der Waals surface area contributed by atoms with Crippen LogP contribution in [0.1, 0.15) is 42.4 Å². The average Bonchev–Trinajstić information content (AvgIpc) is 3.59. The fourth-order valence-electron chi connectivity index (χ4n) is 10.7. The molecule has 0 radical (unpaired) electrons. The van der Waals surface area contributed by atoms with Gasteiger partial charge in [-0.2, -0.15) is 18.3 Å². The van der Waals surface area contributed by atoms with Crippen molar-refractivity contribution < 1.29 is 17.9 Å². The molecule has 4 aromatic rings. The SMILES string of the molecule is COc1ncnc(C2CC2)c1-c1ncc2cnn(CC3C4C5C6CC37C6C5(c3nc(C(F)(F)F)cn3C)C47)c2n1. The summed E-state index contributed by atoms with van der Waals surface area (Å²) in [5.41, 5.74) is 1.79. The van der Waals surface area contributed by atoms with Crippen LogP contribution in [-0.2, 0) is 25.2 Å². The van der Waals surface area contributed by atoms with Crippen LogP contribution in [0.3, 0.4) is 0 Å².